The van der Waals surface area contributed by atoms with Crippen LogP contribution < -0.4 is 10.1 Å². The van der Waals surface area contributed by atoms with Gasteiger partial charge in [0.1, 0.15) is 10.6 Å². The van der Waals surface area contributed by atoms with Crippen LogP contribution in [0.15, 0.2) is 53.4 Å². The van der Waals surface area contributed by atoms with Gasteiger partial charge in [-0.2, -0.15) is 4.31 Å². The number of hydrogen-bond donors (Lipinski definition) is 1. The molecule has 1 aliphatic heterocycles. The van der Waals surface area contributed by atoms with Crippen LogP contribution >= 0.6 is 0 Å². The van der Waals surface area contributed by atoms with Crippen LogP contribution in [0.25, 0.3) is 0 Å². The molecule has 1 saturated heterocycles. The topological polar surface area (TPSA) is 92.8 Å². The molecule has 0 unspecified atom stereocenters. The van der Waals surface area contributed by atoms with Crippen LogP contribution in [0.1, 0.15) is 36.5 Å². The van der Waals surface area contributed by atoms with Gasteiger partial charge < -0.3 is 10.1 Å². The Kier molecular flexibility index (Phi) is 6.66. The molecule has 29 heavy (non-hydrogen) atoms. The quantitative estimate of drug-likeness (QED) is 0.700. The Balaban J connectivity index is 1.70. The molecule has 1 N–H and O–H groups in total. The lowest BCUT2D eigenvalue weighted by Crippen LogP contribution is -2.36. The summed E-state index contributed by atoms with van der Waals surface area (Å²) in [6, 6.07) is 12.9. The van der Waals surface area contributed by atoms with Crippen molar-refractivity contribution in [3.05, 3.63) is 54.1 Å². The molecule has 0 saturated carbocycles. The smallest absolute Gasteiger partial charge is 0.262 e. The maximum Gasteiger partial charge on any atom is 0.262 e. The Bertz CT molecular complexity index is 998. The van der Waals surface area contributed by atoms with Gasteiger partial charge in [0.05, 0.1) is 5.69 Å². The number of hydrogen-bond acceptors (Lipinski definition) is 5. The second kappa shape index (κ2) is 9.19. The summed E-state index contributed by atoms with van der Waals surface area (Å²) in [5.41, 5.74) is 0.713. The van der Waals surface area contributed by atoms with Crippen molar-refractivity contribution in [1.29, 1.82) is 0 Å². The highest BCUT2D eigenvalue weighted by molar-refractivity contribution is 7.89. The number of sulfonamides is 1. The lowest BCUT2D eigenvalue weighted by atomic mass is 10.1. The molecule has 7 nitrogen and oxygen atoms in total. The van der Waals surface area contributed by atoms with Crippen molar-refractivity contribution in [1.82, 2.24) is 4.31 Å². The molecule has 2 aromatic carbocycles. The molecule has 0 spiro atoms. The van der Waals surface area contributed by atoms with Crippen molar-refractivity contribution in [2.45, 2.75) is 31.1 Å². The van der Waals surface area contributed by atoms with E-state index in [2.05, 4.69) is 5.32 Å². The third-order valence-electron chi connectivity index (χ3n) is 4.70. The number of nitrogens with one attached hydrogen (secondary N) is 1. The van der Waals surface area contributed by atoms with Gasteiger partial charge in [-0.1, -0.05) is 30.7 Å². The van der Waals surface area contributed by atoms with E-state index in [-0.39, 0.29) is 23.0 Å². The van der Waals surface area contributed by atoms with E-state index in [1.54, 1.807) is 42.5 Å². The predicted octanol–water partition coefficient (Wildman–Crippen LogP) is 3.08. The van der Waals surface area contributed by atoms with Gasteiger partial charge in [0.25, 0.3) is 5.91 Å². The Morgan fingerprint density at radius 2 is 1.76 bits per heavy atom. The number of amides is 1. The maximum atomic E-state index is 13.0. The number of Topliss-reactive ketones (excluding diaryl/α,β-unsaturated/α-hetero) is 1. The highest BCUT2D eigenvalue weighted by Gasteiger charge is 2.28. The lowest BCUT2D eigenvalue weighted by molar-refractivity contribution is -0.118. The van der Waals surface area contributed by atoms with Gasteiger partial charge in [-0.25, -0.2) is 8.42 Å². The fourth-order valence-corrected chi connectivity index (χ4v) is 4.84. The molecule has 0 bridgehead atoms. The standard InChI is InChI=1S/C21H24N2O5S/c1-16(24)17-8-7-9-18(14-17)28-15-21(25)22-19-10-3-4-11-20(19)29(26,27)23-12-5-2-6-13-23/h3-4,7-11,14H,2,5-6,12-13,15H2,1H3,(H,22,25). The molecular formula is C21H24N2O5S. The number of piperidine rings is 1. The number of para-hydroxylation sites is 1. The summed E-state index contributed by atoms with van der Waals surface area (Å²) in [5.74, 6) is -0.196. The highest BCUT2D eigenvalue weighted by atomic mass is 32.2. The van der Waals surface area contributed by atoms with Gasteiger partial charge in [0.15, 0.2) is 12.4 Å². The van der Waals surface area contributed by atoms with Crippen LogP contribution in [0.2, 0.25) is 0 Å². The Labute approximate surface area is 170 Å². The van der Waals surface area contributed by atoms with E-state index < -0.39 is 15.9 Å². The summed E-state index contributed by atoms with van der Waals surface area (Å²) < 4.78 is 32.9. The van der Waals surface area contributed by atoms with E-state index in [0.29, 0.717) is 24.4 Å². The second-order valence-electron chi connectivity index (χ2n) is 6.88. The first-order chi connectivity index (χ1) is 13.9. The minimum absolute atomic E-state index is 0.0776. The maximum absolute atomic E-state index is 13.0. The summed E-state index contributed by atoms with van der Waals surface area (Å²) in [6.45, 7) is 2.12. The summed E-state index contributed by atoms with van der Waals surface area (Å²) in [6.07, 6.45) is 2.69. The van der Waals surface area contributed by atoms with Gasteiger partial charge in [0.2, 0.25) is 10.0 Å². The number of nitrogens with zero attached hydrogens (tertiary/aromatic N) is 1. The summed E-state index contributed by atoms with van der Waals surface area (Å²) in [5, 5.41) is 2.63. The molecule has 8 heteroatoms. The van der Waals surface area contributed by atoms with Crippen molar-refractivity contribution < 1.29 is 22.7 Å². The minimum atomic E-state index is -3.68. The Morgan fingerprint density at radius 1 is 1.03 bits per heavy atom. The van der Waals surface area contributed by atoms with Gasteiger partial charge >= 0.3 is 0 Å². The average molecular weight is 416 g/mol. The molecule has 1 aliphatic rings. The van der Waals surface area contributed by atoms with Crippen LogP contribution in [0.3, 0.4) is 0 Å². The predicted molar refractivity (Wildman–Crippen MR) is 110 cm³/mol. The molecule has 0 aliphatic carbocycles. The summed E-state index contributed by atoms with van der Waals surface area (Å²) in [4.78, 5) is 23.9. The number of carbonyl (C=O) groups is 2. The zero-order valence-electron chi connectivity index (χ0n) is 16.3. The Hall–Kier alpha value is -2.71. The molecule has 154 valence electrons. The van der Waals surface area contributed by atoms with Crippen molar-refractivity contribution in [3.63, 3.8) is 0 Å². The lowest BCUT2D eigenvalue weighted by Gasteiger charge is -2.26. The van der Waals surface area contributed by atoms with Gasteiger partial charge in [0, 0.05) is 18.7 Å². The van der Waals surface area contributed by atoms with E-state index in [1.165, 1.54) is 17.3 Å². The monoisotopic (exact) mass is 416 g/mol. The number of ketones is 1. The SMILES string of the molecule is CC(=O)c1cccc(OCC(=O)Nc2ccccc2S(=O)(=O)N2CCCCC2)c1. The van der Waals surface area contributed by atoms with E-state index in [1.807, 2.05) is 0 Å². The average Bonchev–Trinajstić information content (AvgIpc) is 2.73. The largest absolute Gasteiger partial charge is 0.484 e. The first-order valence-electron chi connectivity index (χ1n) is 9.51. The van der Waals surface area contributed by atoms with Crippen molar-refractivity contribution in [2.75, 3.05) is 25.0 Å². The molecule has 1 amide bonds. The number of ether oxygens (including phenoxy) is 1. The fourth-order valence-electron chi connectivity index (χ4n) is 3.18. The molecule has 0 aromatic heterocycles. The summed E-state index contributed by atoms with van der Waals surface area (Å²) >= 11 is 0. The van der Waals surface area contributed by atoms with Crippen LogP contribution in [0.5, 0.6) is 5.75 Å². The van der Waals surface area contributed by atoms with Crippen LogP contribution in [-0.2, 0) is 14.8 Å². The van der Waals surface area contributed by atoms with Crippen molar-refractivity contribution in [3.8, 4) is 5.75 Å². The van der Waals surface area contributed by atoms with E-state index in [4.69, 9.17) is 4.74 Å². The third kappa shape index (κ3) is 5.21. The molecular weight excluding hydrogens is 392 g/mol. The number of benzene rings is 2. The third-order valence-corrected chi connectivity index (χ3v) is 6.66. The zero-order chi connectivity index (χ0) is 20.9. The van der Waals surface area contributed by atoms with Crippen molar-refractivity contribution in [2.24, 2.45) is 0 Å². The molecule has 3 rings (SSSR count). The number of anilines is 1. The van der Waals surface area contributed by atoms with E-state index >= 15 is 0 Å². The number of rotatable bonds is 7. The first-order valence-corrected chi connectivity index (χ1v) is 10.9. The fraction of sp³-hybridized carbons (Fsp3) is 0.333. The zero-order valence-corrected chi connectivity index (χ0v) is 17.1. The molecule has 0 radical (unpaired) electrons. The number of carbonyl (C=O) groups excluding carboxylic acids is 2. The minimum Gasteiger partial charge on any atom is -0.484 e. The van der Waals surface area contributed by atoms with Crippen LogP contribution in [0, 0.1) is 0 Å². The highest BCUT2D eigenvalue weighted by Crippen LogP contribution is 2.26. The molecule has 1 heterocycles. The van der Waals surface area contributed by atoms with E-state index in [0.717, 1.165) is 19.3 Å². The second-order valence-corrected chi connectivity index (χ2v) is 8.79. The summed E-state index contributed by atoms with van der Waals surface area (Å²) in [7, 11) is -3.68. The normalized spacial score (nSPS) is 14.9. The molecule has 2 aromatic rings. The van der Waals surface area contributed by atoms with Crippen LogP contribution in [0.4, 0.5) is 5.69 Å². The van der Waals surface area contributed by atoms with Gasteiger partial charge in [-0.3, -0.25) is 9.59 Å². The molecule has 0 atom stereocenters. The van der Waals surface area contributed by atoms with Crippen LogP contribution in [-0.4, -0.2) is 44.1 Å². The molecule has 1 fully saturated rings. The first kappa shape index (κ1) is 21.0. The van der Waals surface area contributed by atoms with Gasteiger partial charge in [-0.15, -0.1) is 0 Å². The van der Waals surface area contributed by atoms with Gasteiger partial charge in [-0.05, 0) is 44.0 Å². The Morgan fingerprint density at radius 3 is 2.48 bits per heavy atom. The van der Waals surface area contributed by atoms with Crippen molar-refractivity contribution >= 4 is 27.4 Å². The van der Waals surface area contributed by atoms with E-state index in [9.17, 15) is 18.0 Å².